The van der Waals surface area contributed by atoms with Crippen molar-refractivity contribution in [3.05, 3.63) is 18.2 Å². The van der Waals surface area contributed by atoms with Gasteiger partial charge in [0.2, 0.25) is 12.7 Å². The zero-order chi connectivity index (χ0) is 12.4. The van der Waals surface area contributed by atoms with Gasteiger partial charge in [0.1, 0.15) is 6.04 Å². The quantitative estimate of drug-likeness (QED) is 0.792. The molecule has 1 amide bonds. The van der Waals surface area contributed by atoms with Crippen LogP contribution >= 0.6 is 0 Å². The fourth-order valence-corrected chi connectivity index (χ4v) is 1.94. The maximum Gasteiger partial charge on any atom is 0.243 e. The smallest absolute Gasteiger partial charge is 0.243 e. The minimum absolute atomic E-state index is 0.103. The highest BCUT2D eigenvalue weighted by Crippen LogP contribution is 2.34. The number of ether oxygens (including phenoxy) is 3. The number of morpholine rings is 1. The highest BCUT2D eigenvalue weighted by atomic mass is 16.7. The summed E-state index contributed by atoms with van der Waals surface area (Å²) in [6, 6.07) is 5.02. The Morgan fingerprint density at radius 3 is 3.06 bits per heavy atom. The third-order valence-corrected chi connectivity index (χ3v) is 2.88. The number of amides is 1. The predicted octanol–water partition coefficient (Wildman–Crippen LogP) is 0.342. The number of carbonyl (C=O) groups is 1. The average molecular weight is 250 g/mol. The summed E-state index contributed by atoms with van der Waals surface area (Å²) < 4.78 is 15.7. The molecule has 1 atom stereocenters. The van der Waals surface area contributed by atoms with Gasteiger partial charge >= 0.3 is 0 Å². The van der Waals surface area contributed by atoms with E-state index in [-0.39, 0.29) is 18.7 Å². The molecule has 2 aliphatic rings. The number of fused-ring (bicyclic) bond motifs is 1. The van der Waals surface area contributed by atoms with Crippen LogP contribution in [0.2, 0.25) is 0 Å². The molecule has 1 saturated heterocycles. The van der Waals surface area contributed by atoms with Gasteiger partial charge in [-0.05, 0) is 12.1 Å². The lowest BCUT2D eigenvalue weighted by atomic mass is 10.2. The van der Waals surface area contributed by atoms with Crippen molar-refractivity contribution in [2.45, 2.75) is 6.04 Å². The van der Waals surface area contributed by atoms with E-state index >= 15 is 0 Å². The van der Waals surface area contributed by atoms with Gasteiger partial charge in [-0.2, -0.15) is 0 Å². The monoisotopic (exact) mass is 250 g/mol. The molecule has 6 heteroatoms. The van der Waals surface area contributed by atoms with Crippen LogP contribution in [0.15, 0.2) is 18.2 Å². The topological polar surface area (TPSA) is 68.8 Å². The van der Waals surface area contributed by atoms with Crippen LogP contribution in [0.5, 0.6) is 11.5 Å². The predicted molar refractivity (Wildman–Crippen MR) is 63.8 cm³/mol. The van der Waals surface area contributed by atoms with Crippen LogP contribution in [0.4, 0.5) is 5.69 Å². The Morgan fingerprint density at radius 2 is 2.22 bits per heavy atom. The first-order chi connectivity index (χ1) is 8.83. The number of benzene rings is 1. The molecule has 18 heavy (non-hydrogen) atoms. The van der Waals surface area contributed by atoms with Crippen LogP contribution in [0, 0.1) is 0 Å². The third-order valence-electron chi connectivity index (χ3n) is 2.88. The van der Waals surface area contributed by atoms with Crippen LogP contribution in [0.25, 0.3) is 0 Å². The van der Waals surface area contributed by atoms with E-state index in [4.69, 9.17) is 14.2 Å². The first-order valence-corrected chi connectivity index (χ1v) is 5.84. The summed E-state index contributed by atoms with van der Waals surface area (Å²) in [6.07, 6.45) is 0. The van der Waals surface area contributed by atoms with Crippen molar-refractivity contribution in [3.63, 3.8) is 0 Å². The van der Waals surface area contributed by atoms with E-state index in [2.05, 4.69) is 10.6 Å². The number of hydrogen-bond acceptors (Lipinski definition) is 5. The SMILES string of the molecule is O=C(Nc1ccc2c(c1)OCO2)C1COCCN1. The van der Waals surface area contributed by atoms with E-state index < -0.39 is 0 Å². The number of anilines is 1. The van der Waals surface area contributed by atoms with Gasteiger partial charge in [-0.15, -0.1) is 0 Å². The summed E-state index contributed by atoms with van der Waals surface area (Å²) in [5.74, 6) is 1.25. The minimum Gasteiger partial charge on any atom is -0.454 e. The van der Waals surface area contributed by atoms with E-state index in [1.54, 1.807) is 18.2 Å². The van der Waals surface area contributed by atoms with E-state index in [1.807, 2.05) is 0 Å². The molecular weight excluding hydrogens is 236 g/mol. The van der Waals surface area contributed by atoms with Crippen LogP contribution in [-0.4, -0.2) is 38.5 Å². The summed E-state index contributed by atoms with van der Waals surface area (Å²) in [6.45, 7) is 1.97. The molecule has 1 aromatic rings. The summed E-state index contributed by atoms with van der Waals surface area (Å²) in [7, 11) is 0. The van der Waals surface area contributed by atoms with Crippen molar-refractivity contribution in [2.24, 2.45) is 0 Å². The second-order valence-electron chi connectivity index (χ2n) is 4.14. The van der Waals surface area contributed by atoms with Crippen LogP contribution < -0.4 is 20.1 Å². The first-order valence-electron chi connectivity index (χ1n) is 5.84. The molecule has 2 aliphatic heterocycles. The highest BCUT2D eigenvalue weighted by Gasteiger charge is 2.22. The molecule has 0 aliphatic carbocycles. The van der Waals surface area contributed by atoms with E-state index in [1.165, 1.54) is 0 Å². The lowest BCUT2D eigenvalue weighted by molar-refractivity contribution is -0.120. The van der Waals surface area contributed by atoms with Crippen LogP contribution in [0.1, 0.15) is 0 Å². The molecule has 1 aromatic carbocycles. The van der Waals surface area contributed by atoms with Crippen LogP contribution in [-0.2, 0) is 9.53 Å². The molecule has 0 aromatic heterocycles. The molecule has 0 radical (unpaired) electrons. The summed E-state index contributed by atoms with van der Waals surface area (Å²) >= 11 is 0. The Morgan fingerprint density at radius 1 is 1.33 bits per heavy atom. The van der Waals surface area contributed by atoms with Crippen molar-refractivity contribution in [2.75, 3.05) is 31.9 Å². The first kappa shape index (κ1) is 11.3. The Labute approximate surface area is 104 Å². The fourth-order valence-electron chi connectivity index (χ4n) is 1.94. The zero-order valence-electron chi connectivity index (χ0n) is 9.77. The summed E-state index contributed by atoms with van der Waals surface area (Å²) in [4.78, 5) is 11.9. The van der Waals surface area contributed by atoms with Gasteiger partial charge in [0, 0.05) is 18.3 Å². The van der Waals surface area contributed by atoms with Crippen molar-refractivity contribution in [1.29, 1.82) is 0 Å². The van der Waals surface area contributed by atoms with Crippen molar-refractivity contribution >= 4 is 11.6 Å². The summed E-state index contributed by atoms with van der Waals surface area (Å²) in [5, 5.41) is 5.92. The molecule has 96 valence electrons. The van der Waals surface area contributed by atoms with Gasteiger partial charge in [-0.1, -0.05) is 0 Å². The summed E-state index contributed by atoms with van der Waals surface area (Å²) in [5.41, 5.74) is 0.691. The standard InChI is InChI=1S/C12H14N2O4/c15-12(9-6-16-4-3-13-9)14-8-1-2-10-11(5-8)18-7-17-10/h1-2,5,9,13H,3-4,6-7H2,(H,14,15). The van der Waals surface area contributed by atoms with E-state index in [9.17, 15) is 4.79 Å². The second kappa shape index (κ2) is 4.83. The van der Waals surface area contributed by atoms with Crippen molar-refractivity contribution in [3.8, 4) is 11.5 Å². The van der Waals surface area contributed by atoms with E-state index in [0.717, 1.165) is 0 Å². The molecule has 2 N–H and O–H groups in total. The van der Waals surface area contributed by atoms with Gasteiger partial charge in [0.25, 0.3) is 0 Å². The van der Waals surface area contributed by atoms with Crippen LogP contribution in [0.3, 0.4) is 0 Å². The van der Waals surface area contributed by atoms with Crippen molar-refractivity contribution in [1.82, 2.24) is 5.32 Å². The number of hydrogen-bond donors (Lipinski definition) is 2. The minimum atomic E-state index is -0.302. The Kier molecular flexibility index (Phi) is 3.04. The van der Waals surface area contributed by atoms with Gasteiger partial charge in [-0.3, -0.25) is 4.79 Å². The fraction of sp³-hybridized carbons (Fsp3) is 0.417. The molecular formula is C12H14N2O4. The van der Waals surface area contributed by atoms with E-state index in [0.29, 0.717) is 36.9 Å². The molecule has 6 nitrogen and oxygen atoms in total. The Hall–Kier alpha value is -1.79. The maximum atomic E-state index is 11.9. The number of carbonyl (C=O) groups excluding carboxylic acids is 1. The Bertz CT molecular complexity index is 457. The lowest BCUT2D eigenvalue weighted by Gasteiger charge is -2.22. The molecule has 0 bridgehead atoms. The number of nitrogens with one attached hydrogen (secondary N) is 2. The molecule has 3 rings (SSSR count). The van der Waals surface area contributed by atoms with Gasteiger partial charge < -0.3 is 24.8 Å². The highest BCUT2D eigenvalue weighted by molar-refractivity contribution is 5.95. The lowest BCUT2D eigenvalue weighted by Crippen LogP contribution is -2.48. The molecule has 1 unspecified atom stereocenters. The number of rotatable bonds is 2. The zero-order valence-corrected chi connectivity index (χ0v) is 9.77. The second-order valence-corrected chi connectivity index (χ2v) is 4.14. The molecule has 0 saturated carbocycles. The molecule has 0 spiro atoms. The molecule has 1 fully saturated rings. The van der Waals surface area contributed by atoms with Gasteiger partial charge in [-0.25, -0.2) is 0 Å². The molecule has 2 heterocycles. The third kappa shape index (κ3) is 2.25. The van der Waals surface area contributed by atoms with Gasteiger partial charge in [0.15, 0.2) is 11.5 Å². The largest absolute Gasteiger partial charge is 0.454 e. The van der Waals surface area contributed by atoms with Crippen molar-refractivity contribution < 1.29 is 19.0 Å². The average Bonchev–Trinajstić information content (AvgIpc) is 2.87. The maximum absolute atomic E-state index is 11.9. The Balaban J connectivity index is 1.66. The van der Waals surface area contributed by atoms with Gasteiger partial charge in [0.05, 0.1) is 13.2 Å². The normalized spacial score (nSPS) is 21.7.